The summed E-state index contributed by atoms with van der Waals surface area (Å²) in [5.74, 6) is -0.222. The summed E-state index contributed by atoms with van der Waals surface area (Å²) in [6, 6.07) is 23.6. The van der Waals surface area contributed by atoms with E-state index in [1.54, 1.807) is 18.2 Å². The minimum absolute atomic E-state index is 0.0114. The number of nitrogens with zero attached hydrogens (tertiary/aromatic N) is 1. The molecular weight excluding hydrogens is 376 g/mol. The third kappa shape index (κ3) is 5.20. The first-order valence-corrected chi connectivity index (χ1v) is 9.87. The van der Waals surface area contributed by atoms with Crippen LogP contribution in [0.1, 0.15) is 41.6 Å². The van der Waals surface area contributed by atoms with Crippen molar-refractivity contribution in [1.82, 2.24) is 5.32 Å². The van der Waals surface area contributed by atoms with Gasteiger partial charge in [-0.3, -0.25) is 14.9 Å². The molecule has 0 aliphatic rings. The number of nitro benzene ring substituents is 1. The monoisotopic (exact) mass is 400 g/mol. The molecule has 0 aliphatic heterocycles. The van der Waals surface area contributed by atoms with E-state index in [0.29, 0.717) is 11.1 Å². The van der Waals surface area contributed by atoms with Gasteiger partial charge in [-0.05, 0) is 36.1 Å². The number of hydrogen-bond donors (Lipinski definition) is 1. The smallest absolute Gasteiger partial charge is 0.270 e. The highest BCUT2D eigenvalue weighted by molar-refractivity contribution is 6.24. The number of carbonyl (C=O) groups is 1. The largest absolute Gasteiger partial charge is 0.345 e. The summed E-state index contributed by atoms with van der Waals surface area (Å²) in [7, 11) is 0. The van der Waals surface area contributed by atoms with E-state index in [-0.39, 0.29) is 17.6 Å². The average molecular weight is 400 g/mol. The van der Waals surface area contributed by atoms with E-state index >= 15 is 0 Å². The standard InChI is InChI=1S/C25H24N2O3/c1-3-24(21-14-12-18(2)13-15-21)26-25(28)23(20-9-5-4-6-10-20)17-19-8-7-11-22(16-19)27(29)30/h4-17,24H,3H2,1-2H3,(H,26,28)/b23-17+/t24-/m1/s1. The Balaban J connectivity index is 1.96. The second-order valence-corrected chi connectivity index (χ2v) is 7.12. The molecule has 152 valence electrons. The summed E-state index contributed by atoms with van der Waals surface area (Å²) in [4.78, 5) is 23.9. The molecule has 0 saturated heterocycles. The van der Waals surface area contributed by atoms with Crippen LogP contribution in [0.4, 0.5) is 5.69 Å². The van der Waals surface area contributed by atoms with Crippen molar-refractivity contribution in [3.63, 3.8) is 0 Å². The third-order valence-corrected chi connectivity index (χ3v) is 4.91. The molecule has 0 aromatic heterocycles. The minimum Gasteiger partial charge on any atom is -0.345 e. The van der Waals surface area contributed by atoms with Crippen molar-refractivity contribution in [2.24, 2.45) is 0 Å². The number of rotatable bonds is 7. The van der Waals surface area contributed by atoms with Gasteiger partial charge < -0.3 is 5.32 Å². The Hall–Kier alpha value is -3.73. The number of nitro groups is 1. The molecule has 30 heavy (non-hydrogen) atoms. The van der Waals surface area contributed by atoms with Crippen LogP contribution < -0.4 is 5.32 Å². The van der Waals surface area contributed by atoms with Crippen molar-refractivity contribution in [2.45, 2.75) is 26.3 Å². The molecule has 1 N–H and O–H groups in total. The molecule has 3 aromatic carbocycles. The molecule has 3 rings (SSSR count). The Morgan fingerprint density at radius 2 is 1.73 bits per heavy atom. The van der Waals surface area contributed by atoms with E-state index in [4.69, 9.17) is 0 Å². The number of amides is 1. The Bertz CT molecular complexity index is 1060. The molecule has 0 spiro atoms. The highest BCUT2D eigenvalue weighted by Gasteiger charge is 2.18. The highest BCUT2D eigenvalue weighted by Crippen LogP contribution is 2.24. The van der Waals surface area contributed by atoms with Crippen molar-refractivity contribution in [2.75, 3.05) is 0 Å². The number of nitrogens with one attached hydrogen (secondary N) is 1. The van der Waals surface area contributed by atoms with Crippen LogP contribution in [0.2, 0.25) is 0 Å². The molecule has 0 aliphatic carbocycles. The van der Waals surface area contributed by atoms with Crippen molar-refractivity contribution in [1.29, 1.82) is 0 Å². The van der Waals surface area contributed by atoms with Gasteiger partial charge in [0.05, 0.1) is 11.0 Å². The molecule has 5 nitrogen and oxygen atoms in total. The lowest BCUT2D eigenvalue weighted by Gasteiger charge is -2.19. The van der Waals surface area contributed by atoms with Crippen molar-refractivity contribution < 1.29 is 9.72 Å². The number of aryl methyl sites for hydroxylation is 1. The zero-order chi connectivity index (χ0) is 21.5. The van der Waals surface area contributed by atoms with Crippen LogP contribution in [0, 0.1) is 17.0 Å². The predicted octanol–water partition coefficient (Wildman–Crippen LogP) is 5.71. The van der Waals surface area contributed by atoms with Crippen LogP contribution in [0.25, 0.3) is 11.6 Å². The predicted molar refractivity (Wildman–Crippen MR) is 120 cm³/mol. The normalized spacial score (nSPS) is 12.3. The Kier molecular flexibility index (Phi) is 6.75. The summed E-state index contributed by atoms with van der Waals surface area (Å²) < 4.78 is 0. The van der Waals surface area contributed by atoms with Gasteiger partial charge in [0.2, 0.25) is 0 Å². The van der Waals surface area contributed by atoms with Gasteiger partial charge in [-0.2, -0.15) is 0 Å². The summed E-state index contributed by atoms with van der Waals surface area (Å²) >= 11 is 0. The molecule has 0 heterocycles. The van der Waals surface area contributed by atoms with Gasteiger partial charge in [-0.25, -0.2) is 0 Å². The van der Waals surface area contributed by atoms with Crippen LogP contribution in [-0.4, -0.2) is 10.8 Å². The van der Waals surface area contributed by atoms with Crippen LogP contribution in [-0.2, 0) is 4.79 Å². The lowest BCUT2D eigenvalue weighted by molar-refractivity contribution is -0.384. The van der Waals surface area contributed by atoms with E-state index in [2.05, 4.69) is 5.32 Å². The molecule has 3 aromatic rings. The molecule has 5 heteroatoms. The fraction of sp³-hybridized carbons (Fsp3) is 0.160. The van der Waals surface area contributed by atoms with Crippen molar-refractivity contribution in [3.05, 3.63) is 111 Å². The van der Waals surface area contributed by atoms with E-state index in [0.717, 1.165) is 23.1 Å². The SMILES string of the molecule is CC[C@@H](NC(=O)/C(=C/c1cccc([N+](=O)[O-])c1)c1ccccc1)c1ccc(C)cc1. The molecule has 1 amide bonds. The minimum atomic E-state index is -0.440. The molecular formula is C25H24N2O3. The number of hydrogen-bond acceptors (Lipinski definition) is 3. The van der Waals surface area contributed by atoms with Crippen LogP contribution in [0.15, 0.2) is 78.9 Å². The third-order valence-electron chi connectivity index (χ3n) is 4.91. The van der Waals surface area contributed by atoms with Gasteiger partial charge in [0.1, 0.15) is 0 Å². The number of non-ortho nitro benzene ring substituents is 1. The van der Waals surface area contributed by atoms with Gasteiger partial charge in [0, 0.05) is 17.7 Å². The van der Waals surface area contributed by atoms with E-state index < -0.39 is 4.92 Å². The zero-order valence-electron chi connectivity index (χ0n) is 17.0. The van der Waals surface area contributed by atoms with Gasteiger partial charge >= 0.3 is 0 Å². The lowest BCUT2D eigenvalue weighted by atomic mass is 9.99. The Labute approximate surface area is 176 Å². The van der Waals surface area contributed by atoms with E-state index in [1.165, 1.54) is 12.1 Å². The second-order valence-electron chi connectivity index (χ2n) is 7.12. The van der Waals surface area contributed by atoms with E-state index in [1.807, 2.05) is 68.4 Å². The molecule has 0 saturated carbocycles. The van der Waals surface area contributed by atoms with Gasteiger partial charge in [0.25, 0.3) is 11.6 Å². The maximum absolute atomic E-state index is 13.3. The Morgan fingerprint density at radius 3 is 2.37 bits per heavy atom. The van der Waals surface area contributed by atoms with Crippen LogP contribution in [0.5, 0.6) is 0 Å². The maximum Gasteiger partial charge on any atom is 0.270 e. The van der Waals surface area contributed by atoms with Gasteiger partial charge in [-0.15, -0.1) is 0 Å². The average Bonchev–Trinajstić information content (AvgIpc) is 2.77. The summed E-state index contributed by atoms with van der Waals surface area (Å²) in [5, 5.41) is 14.2. The molecule has 1 atom stereocenters. The summed E-state index contributed by atoms with van der Waals surface area (Å²) in [5.41, 5.74) is 4.00. The second kappa shape index (κ2) is 9.65. The first-order chi connectivity index (χ1) is 14.5. The summed E-state index contributed by atoms with van der Waals surface area (Å²) in [6.07, 6.45) is 2.44. The maximum atomic E-state index is 13.3. The Morgan fingerprint density at radius 1 is 1.03 bits per heavy atom. The topological polar surface area (TPSA) is 72.2 Å². The molecule has 0 fully saturated rings. The van der Waals surface area contributed by atoms with Gasteiger partial charge in [0.15, 0.2) is 0 Å². The first kappa shape index (κ1) is 21.0. The zero-order valence-corrected chi connectivity index (χ0v) is 17.0. The fourth-order valence-corrected chi connectivity index (χ4v) is 3.25. The number of benzene rings is 3. The quantitative estimate of drug-likeness (QED) is 0.239. The highest BCUT2D eigenvalue weighted by atomic mass is 16.6. The lowest BCUT2D eigenvalue weighted by Crippen LogP contribution is -2.29. The summed E-state index contributed by atoms with van der Waals surface area (Å²) in [6.45, 7) is 4.05. The molecule has 0 radical (unpaired) electrons. The van der Waals surface area contributed by atoms with E-state index in [9.17, 15) is 14.9 Å². The van der Waals surface area contributed by atoms with Gasteiger partial charge in [-0.1, -0.05) is 79.2 Å². The number of carbonyl (C=O) groups excluding carboxylic acids is 1. The fourth-order valence-electron chi connectivity index (χ4n) is 3.25. The van der Waals surface area contributed by atoms with Crippen LogP contribution in [0.3, 0.4) is 0 Å². The molecule has 0 bridgehead atoms. The molecule has 0 unspecified atom stereocenters. The first-order valence-electron chi connectivity index (χ1n) is 9.87. The van der Waals surface area contributed by atoms with Crippen molar-refractivity contribution >= 4 is 23.2 Å². The van der Waals surface area contributed by atoms with Crippen LogP contribution >= 0.6 is 0 Å². The van der Waals surface area contributed by atoms with Crippen molar-refractivity contribution in [3.8, 4) is 0 Å².